The number of hydrogen-bond acceptors (Lipinski definition) is 8. The van der Waals surface area contributed by atoms with Crippen LogP contribution in [0.3, 0.4) is 0 Å². The lowest BCUT2D eigenvalue weighted by molar-refractivity contribution is -0.112. The Morgan fingerprint density at radius 3 is 2.59 bits per heavy atom. The minimum atomic E-state index is -0.569. The second-order valence-corrected chi connectivity index (χ2v) is 5.80. The van der Waals surface area contributed by atoms with Gasteiger partial charge in [0, 0.05) is 13.0 Å². The first-order valence-electron chi connectivity index (χ1n) is 8.29. The van der Waals surface area contributed by atoms with Crippen LogP contribution in [0, 0.1) is 0 Å². The monoisotopic (exact) mass is 374 g/mol. The molecule has 0 saturated heterocycles. The maximum absolute atomic E-state index is 11.0. The summed E-state index contributed by atoms with van der Waals surface area (Å²) >= 11 is 0. The lowest BCUT2D eigenvalue weighted by Gasteiger charge is -2.11. The average molecular weight is 374 g/mol. The number of Topliss-reactive ketones (excluding diaryl/α,β-unsaturated/α-hetero) is 1. The summed E-state index contributed by atoms with van der Waals surface area (Å²) in [6.07, 6.45) is 1.65. The Kier molecular flexibility index (Phi) is 7.09. The molecule has 0 bridgehead atoms. The third kappa shape index (κ3) is 5.66. The molecule has 0 fully saturated rings. The van der Waals surface area contributed by atoms with Gasteiger partial charge in [-0.1, -0.05) is 12.1 Å². The van der Waals surface area contributed by atoms with Gasteiger partial charge in [-0.3, -0.25) is 9.59 Å². The highest BCUT2D eigenvalue weighted by molar-refractivity contribution is 6.51. The first-order chi connectivity index (χ1) is 12.9. The predicted octanol–water partition coefficient (Wildman–Crippen LogP) is 0.580. The Labute approximate surface area is 156 Å². The number of aromatic nitrogens is 1. The zero-order valence-electron chi connectivity index (χ0n) is 14.6. The molecule has 0 spiro atoms. The molecule has 9 heteroatoms. The number of fused-ring (bicyclic) bond motifs is 1. The van der Waals surface area contributed by atoms with Gasteiger partial charge in [-0.2, -0.15) is 0 Å². The topological polar surface area (TPSA) is 161 Å². The van der Waals surface area contributed by atoms with Crippen molar-refractivity contribution in [2.24, 2.45) is 0 Å². The number of para-hydroxylation sites is 1. The number of ether oxygens (including phenoxy) is 1. The van der Waals surface area contributed by atoms with Crippen LogP contribution in [0.2, 0.25) is 0 Å². The first-order valence-corrected chi connectivity index (χ1v) is 8.29. The quantitative estimate of drug-likeness (QED) is 0.459. The van der Waals surface area contributed by atoms with Crippen molar-refractivity contribution in [1.29, 1.82) is 0 Å². The number of aliphatic hydroxyl groups is 2. The van der Waals surface area contributed by atoms with Gasteiger partial charge in [0.2, 0.25) is 5.88 Å². The van der Waals surface area contributed by atoms with E-state index < -0.39 is 17.8 Å². The Balaban J connectivity index is 0.000000206. The van der Waals surface area contributed by atoms with Gasteiger partial charge in [-0.25, -0.2) is 4.98 Å². The van der Waals surface area contributed by atoms with Crippen LogP contribution in [0.5, 0.6) is 5.88 Å². The SMILES string of the molecule is Nc1cnc(OCCC(O)CCO)c(N)c1.O=C1Nc2ccccc2C1=O. The van der Waals surface area contributed by atoms with Crippen molar-refractivity contribution < 1.29 is 24.5 Å². The van der Waals surface area contributed by atoms with E-state index in [1.165, 1.54) is 6.20 Å². The minimum absolute atomic E-state index is 0.0383. The smallest absolute Gasteiger partial charge is 0.296 e. The van der Waals surface area contributed by atoms with Crippen LogP contribution < -0.4 is 21.5 Å². The van der Waals surface area contributed by atoms with Crippen LogP contribution in [0.25, 0.3) is 0 Å². The van der Waals surface area contributed by atoms with Crippen LogP contribution in [0.1, 0.15) is 23.2 Å². The molecule has 0 saturated carbocycles. The number of carbonyl (C=O) groups excluding carboxylic acids is 2. The number of rotatable bonds is 6. The molecule has 1 amide bonds. The fourth-order valence-corrected chi connectivity index (χ4v) is 2.28. The maximum atomic E-state index is 11.0. The number of nitrogens with two attached hydrogens (primary N) is 2. The van der Waals surface area contributed by atoms with E-state index in [0.29, 0.717) is 48.0 Å². The molecule has 144 valence electrons. The largest absolute Gasteiger partial charge is 0.476 e. The number of nitrogen functional groups attached to an aromatic ring is 2. The van der Waals surface area contributed by atoms with Crippen molar-refractivity contribution in [2.45, 2.75) is 18.9 Å². The molecule has 9 nitrogen and oxygen atoms in total. The maximum Gasteiger partial charge on any atom is 0.296 e. The fourth-order valence-electron chi connectivity index (χ4n) is 2.28. The van der Waals surface area contributed by atoms with Crippen LogP contribution in [0.15, 0.2) is 36.5 Å². The molecule has 1 aliphatic rings. The van der Waals surface area contributed by atoms with Crippen molar-refractivity contribution in [3.8, 4) is 5.88 Å². The third-order valence-corrected chi connectivity index (χ3v) is 3.68. The van der Waals surface area contributed by atoms with E-state index in [0.717, 1.165) is 0 Å². The van der Waals surface area contributed by atoms with Crippen LogP contribution in [0.4, 0.5) is 17.1 Å². The Bertz CT molecular complexity index is 812. The number of nitrogens with one attached hydrogen (secondary N) is 1. The number of benzene rings is 1. The zero-order chi connectivity index (χ0) is 19.8. The zero-order valence-corrected chi connectivity index (χ0v) is 14.6. The lowest BCUT2D eigenvalue weighted by atomic mass is 10.1. The molecule has 7 N–H and O–H groups in total. The number of pyridine rings is 1. The van der Waals surface area contributed by atoms with E-state index >= 15 is 0 Å². The molecule has 0 aliphatic carbocycles. The summed E-state index contributed by atoms with van der Waals surface area (Å²) in [6, 6.07) is 8.41. The van der Waals surface area contributed by atoms with Gasteiger partial charge in [-0.05, 0) is 24.6 Å². The van der Waals surface area contributed by atoms with Crippen molar-refractivity contribution in [1.82, 2.24) is 4.98 Å². The van der Waals surface area contributed by atoms with Crippen molar-refractivity contribution in [2.75, 3.05) is 30.0 Å². The van der Waals surface area contributed by atoms with Gasteiger partial charge in [0.1, 0.15) is 0 Å². The third-order valence-electron chi connectivity index (χ3n) is 3.68. The summed E-state index contributed by atoms with van der Waals surface area (Å²) in [5, 5.41) is 20.4. The number of anilines is 3. The summed E-state index contributed by atoms with van der Waals surface area (Å²) < 4.78 is 5.28. The van der Waals surface area contributed by atoms with Gasteiger partial charge >= 0.3 is 0 Å². The summed E-state index contributed by atoms with van der Waals surface area (Å²) in [5.74, 6) is -0.669. The molecule has 1 aromatic heterocycles. The van der Waals surface area contributed by atoms with Gasteiger partial charge in [0.15, 0.2) is 0 Å². The summed E-state index contributed by atoms with van der Waals surface area (Å²) in [7, 11) is 0. The van der Waals surface area contributed by atoms with Gasteiger partial charge < -0.3 is 31.7 Å². The van der Waals surface area contributed by atoms with E-state index in [1.807, 2.05) is 0 Å². The number of aliphatic hydroxyl groups excluding tert-OH is 2. The number of hydrogen-bond donors (Lipinski definition) is 5. The molecule has 27 heavy (non-hydrogen) atoms. The normalized spacial score (nSPS) is 13.3. The van der Waals surface area contributed by atoms with Gasteiger partial charge in [-0.15, -0.1) is 0 Å². The van der Waals surface area contributed by atoms with E-state index in [-0.39, 0.29) is 6.61 Å². The molecule has 2 heterocycles. The molecule has 0 radical (unpaired) electrons. The first kappa shape index (κ1) is 20.1. The number of nitrogens with zero attached hydrogens (tertiary/aromatic N) is 1. The minimum Gasteiger partial charge on any atom is -0.476 e. The number of amides is 1. The molecule has 3 rings (SSSR count). The van der Waals surface area contributed by atoms with Crippen molar-refractivity contribution in [3.63, 3.8) is 0 Å². The van der Waals surface area contributed by atoms with Crippen molar-refractivity contribution in [3.05, 3.63) is 42.1 Å². The molecule has 1 atom stereocenters. The van der Waals surface area contributed by atoms with Crippen LogP contribution in [-0.2, 0) is 4.79 Å². The van der Waals surface area contributed by atoms with E-state index in [2.05, 4.69) is 10.3 Å². The standard InChI is InChI=1S/C10H17N3O3.C8H5NO2/c11-7-5-9(12)10(13-6-7)16-4-2-8(15)1-3-14;10-7-5-3-1-2-4-6(5)9-8(7)11/h5-6,8,14-15H,1-4,11-12H2;1-4H,(H,9,10,11). The van der Waals surface area contributed by atoms with Crippen molar-refractivity contribution >= 4 is 28.8 Å². The molecule has 1 unspecified atom stereocenters. The average Bonchev–Trinajstić information content (AvgIpc) is 2.92. The molecule has 2 aromatic rings. The fraction of sp³-hybridized carbons (Fsp3) is 0.278. The Morgan fingerprint density at radius 1 is 1.19 bits per heavy atom. The highest BCUT2D eigenvalue weighted by atomic mass is 16.5. The highest BCUT2D eigenvalue weighted by Gasteiger charge is 2.26. The van der Waals surface area contributed by atoms with Gasteiger partial charge in [0.25, 0.3) is 11.7 Å². The Morgan fingerprint density at radius 2 is 1.93 bits per heavy atom. The molecule has 1 aromatic carbocycles. The van der Waals surface area contributed by atoms with E-state index in [4.69, 9.17) is 21.3 Å². The second kappa shape index (κ2) is 9.51. The lowest BCUT2D eigenvalue weighted by Crippen LogP contribution is -2.14. The van der Waals surface area contributed by atoms with Crippen LogP contribution >= 0.6 is 0 Å². The summed E-state index contributed by atoms with van der Waals surface area (Å²) in [6.45, 7) is 0.256. The molecular weight excluding hydrogens is 352 g/mol. The second-order valence-electron chi connectivity index (χ2n) is 5.80. The number of ketones is 1. The summed E-state index contributed by atoms with van der Waals surface area (Å²) in [4.78, 5) is 25.7. The number of carbonyl (C=O) groups is 2. The summed E-state index contributed by atoms with van der Waals surface area (Å²) in [5.41, 5.74) is 13.0. The molecule has 1 aliphatic heterocycles. The highest BCUT2D eigenvalue weighted by Crippen LogP contribution is 2.21. The van der Waals surface area contributed by atoms with E-state index in [9.17, 15) is 14.7 Å². The van der Waals surface area contributed by atoms with Gasteiger partial charge in [0.05, 0.1) is 41.5 Å². The Hall–Kier alpha value is -3.17. The van der Waals surface area contributed by atoms with E-state index in [1.54, 1.807) is 30.3 Å². The predicted molar refractivity (Wildman–Crippen MR) is 100 cm³/mol. The molecular formula is C18H22N4O5. The van der Waals surface area contributed by atoms with Crippen LogP contribution in [-0.4, -0.2) is 46.2 Å².